The third-order valence-electron chi connectivity index (χ3n) is 7.54. The van der Waals surface area contributed by atoms with Gasteiger partial charge in [-0.2, -0.15) is 26.3 Å². The van der Waals surface area contributed by atoms with E-state index < -0.39 is 35.5 Å². The standard InChI is InChI=1S/C30H29Cl2F6N3O2/c1-18(9-12-40-28(42)26-24(31)16-39-17-25(26)32)41-13-10-20(11-14-41)27(19-5-7-21(8-6-19)29(33,34)35)43-23-4-2-3-22(15-23)30(36,37)38/h2-8,15-18,20,27H,9-14H2,1H3,(H,40,42). The molecule has 1 aliphatic heterocycles. The maximum atomic E-state index is 13.3. The van der Waals surface area contributed by atoms with Crippen molar-refractivity contribution in [1.29, 1.82) is 0 Å². The van der Waals surface area contributed by atoms with E-state index in [1.54, 1.807) is 0 Å². The number of ether oxygens (including phenoxy) is 1. The van der Waals surface area contributed by atoms with E-state index in [-0.39, 0.29) is 33.3 Å². The lowest BCUT2D eigenvalue weighted by Gasteiger charge is -2.39. The van der Waals surface area contributed by atoms with Crippen molar-refractivity contribution in [3.8, 4) is 5.75 Å². The van der Waals surface area contributed by atoms with Crippen LogP contribution < -0.4 is 10.1 Å². The van der Waals surface area contributed by atoms with Gasteiger partial charge in [0.2, 0.25) is 0 Å². The van der Waals surface area contributed by atoms with Crippen molar-refractivity contribution < 1.29 is 35.9 Å². The molecule has 43 heavy (non-hydrogen) atoms. The zero-order valence-electron chi connectivity index (χ0n) is 23.0. The van der Waals surface area contributed by atoms with Crippen LogP contribution in [0.4, 0.5) is 26.3 Å². The number of alkyl halides is 6. The third kappa shape index (κ3) is 8.55. The normalized spacial score (nSPS) is 16.5. The molecule has 232 valence electrons. The molecule has 0 saturated carbocycles. The van der Waals surface area contributed by atoms with Gasteiger partial charge < -0.3 is 15.0 Å². The van der Waals surface area contributed by atoms with Crippen molar-refractivity contribution in [2.75, 3.05) is 19.6 Å². The molecular weight excluding hydrogens is 619 g/mol. The molecule has 2 aromatic carbocycles. The molecule has 2 atom stereocenters. The first-order valence-corrected chi connectivity index (χ1v) is 14.3. The largest absolute Gasteiger partial charge is 0.485 e. The van der Waals surface area contributed by atoms with Crippen molar-refractivity contribution in [3.63, 3.8) is 0 Å². The van der Waals surface area contributed by atoms with Gasteiger partial charge in [0.25, 0.3) is 5.91 Å². The van der Waals surface area contributed by atoms with E-state index in [4.69, 9.17) is 27.9 Å². The number of piperidine rings is 1. The SMILES string of the molecule is CC(CCNC(=O)c1c(Cl)cncc1Cl)N1CCC(C(Oc2cccc(C(F)(F)F)c2)c2ccc(C(F)(F)F)cc2)CC1. The lowest BCUT2D eigenvalue weighted by Crippen LogP contribution is -2.43. The van der Waals surface area contributed by atoms with Gasteiger partial charge in [0.05, 0.1) is 26.7 Å². The molecule has 1 aromatic heterocycles. The Morgan fingerprint density at radius 1 is 0.977 bits per heavy atom. The van der Waals surface area contributed by atoms with Crippen LogP contribution in [0.1, 0.15) is 59.3 Å². The average molecular weight is 648 g/mol. The molecule has 5 nitrogen and oxygen atoms in total. The summed E-state index contributed by atoms with van der Waals surface area (Å²) in [7, 11) is 0. The van der Waals surface area contributed by atoms with Crippen LogP contribution in [0.15, 0.2) is 60.9 Å². The molecule has 0 radical (unpaired) electrons. The van der Waals surface area contributed by atoms with Gasteiger partial charge in [0.15, 0.2) is 0 Å². The van der Waals surface area contributed by atoms with Crippen molar-refractivity contribution in [1.82, 2.24) is 15.2 Å². The molecule has 3 aromatic rings. The van der Waals surface area contributed by atoms with Crippen molar-refractivity contribution >= 4 is 29.1 Å². The molecule has 4 rings (SSSR count). The summed E-state index contributed by atoms with van der Waals surface area (Å²) in [6.07, 6.45) is -5.34. The van der Waals surface area contributed by atoms with E-state index in [1.165, 1.54) is 36.7 Å². The van der Waals surface area contributed by atoms with E-state index in [0.717, 1.165) is 24.3 Å². The van der Waals surface area contributed by atoms with Crippen LogP contribution in [0.5, 0.6) is 5.75 Å². The summed E-state index contributed by atoms with van der Waals surface area (Å²) >= 11 is 12.1. The number of rotatable bonds is 9. The zero-order valence-corrected chi connectivity index (χ0v) is 24.5. The van der Waals surface area contributed by atoms with Crippen LogP contribution in [0.2, 0.25) is 10.0 Å². The third-order valence-corrected chi connectivity index (χ3v) is 8.12. The topological polar surface area (TPSA) is 54.5 Å². The predicted molar refractivity (Wildman–Crippen MR) is 151 cm³/mol. The highest BCUT2D eigenvalue weighted by Crippen LogP contribution is 2.39. The van der Waals surface area contributed by atoms with Gasteiger partial charge in [-0.15, -0.1) is 0 Å². The summed E-state index contributed by atoms with van der Waals surface area (Å²) in [5, 5.41) is 3.11. The Labute approximate surface area is 255 Å². The number of pyridine rings is 1. The molecule has 1 N–H and O–H groups in total. The summed E-state index contributed by atoms with van der Waals surface area (Å²) in [4.78, 5) is 18.6. The maximum absolute atomic E-state index is 13.3. The lowest BCUT2D eigenvalue weighted by molar-refractivity contribution is -0.138. The van der Waals surface area contributed by atoms with Crippen LogP contribution >= 0.6 is 23.2 Å². The van der Waals surface area contributed by atoms with Crippen molar-refractivity contribution in [3.05, 3.63) is 93.2 Å². The highest BCUT2D eigenvalue weighted by Gasteiger charge is 2.35. The molecule has 0 bridgehead atoms. The minimum Gasteiger partial charge on any atom is -0.485 e. The second kappa shape index (κ2) is 13.7. The summed E-state index contributed by atoms with van der Waals surface area (Å²) in [6.45, 7) is 3.64. The van der Waals surface area contributed by atoms with Gasteiger partial charge in [-0.3, -0.25) is 9.78 Å². The quantitative estimate of drug-likeness (QED) is 0.237. The van der Waals surface area contributed by atoms with E-state index in [1.807, 2.05) is 6.92 Å². The van der Waals surface area contributed by atoms with Gasteiger partial charge in [-0.1, -0.05) is 41.4 Å². The first kappa shape index (κ1) is 32.9. The van der Waals surface area contributed by atoms with Crippen molar-refractivity contribution in [2.45, 2.75) is 50.7 Å². The maximum Gasteiger partial charge on any atom is 0.416 e. The van der Waals surface area contributed by atoms with Crippen LogP contribution in [-0.4, -0.2) is 41.5 Å². The number of likely N-dealkylation sites (tertiary alicyclic amines) is 1. The van der Waals surface area contributed by atoms with E-state index in [9.17, 15) is 31.1 Å². The van der Waals surface area contributed by atoms with Crippen LogP contribution in [0, 0.1) is 5.92 Å². The number of carbonyl (C=O) groups is 1. The Bertz CT molecular complexity index is 1370. The number of amides is 1. The van der Waals surface area contributed by atoms with E-state index in [0.29, 0.717) is 44.5 Å². The molecule has 1 fully saturated rings. The van der Waals surface area contributed by atoms with Crippen LogP contribution in [-0.2, 0) is 12.4 Å². The Morgan fingerprint density at radius 3 is 2.16 bits per heavy atom. The number of carbonyl (C=O) groups excluding carboxylic acids is 1. The predicted octanol–water partition coefficient (Wildman–Crippen LogP) is 8.47. The van der Waals surface area contributed by atoms with Crippen molar-refractivity contribution in [2.24, 2.45) is 5.92 Å². The average Bonchev–Trinajstić information content (AvgIpc) is 2.95. The Kier molecular flexibility index (Phi) is 10.5. The van der Waals surface area contributed by atoms with Crippen LogP contribution in [0.25, 0.3) is 0 Å². The number of benzene rings is 2. The van der Waals surface area contributed by atoms with Gasteiger partial charge in [0.1, 0.15) is 11.9 Å². The van der Waals surface area contributed by atoms with Crippen LogP contribution in [0.3, 0.4) is 0 Å². The summed E-state index contributed by atoms with van der Waals surface area (Å²) < 4.78 is 85.5. The number of nitrogens with zero attached hydrogens (tertiary/aromatic N) is 2. The zero-order chi connectivity index (χ0) is 31.4. The number of hydrogen-bond acceptors (Lipinski definition) is 4. The summed E-state index contributed by atoms with van der Waals surface area (Å²) in [6, 6.07) is 9.10. The molecular formula is C30H29Cl2F6N3O2. The van der Waals surface area contributed by atoms with Gasteiger partial charge in [-0.25, -0.2) is 0 Å². The smallest absolute Gasteiger partial charge is 0.416 e. The molecule has 1 aliphatic rings. The number of halogens is 8. The molecule has 0 spiro atoms. The monoisotopic (exact) mass is 647 g/mol. The highest BCUT2D eigenvalue weighted by atomic mass is 35.5. The molecule has 1 amide bonds. The Balaban J connectivity index is 1.41. The fourth-order valence-corrected chi connectivity index (χ4v) is 5.68. The Morgan fingerprint density at radius 2 is 1.58 bits per heavy atom. The molecule has 0 aliphatic carbocycles. The fraction of sp³-hybridized carbons (Fsp3) is 0.400. The Hall–Kier alpha value is -3.02. The molecule has 2 unspecified atom stereocenters. The lowest BCUT2D eigenvalue weighted by atomic mass is 9.86. The molecule has 2 heterocycles. The first-order chi connectivity index (χ1) is 20.2. The minimum atomic E-state index is -4.57. The fourth-order valence-electron chi connectivity index (χ4n) is 5.15. The number of hydrogen-bond donors (Lipinski definition) is 1. The molecule has 1 saturated heterocycles. The highest BCUT2D eigenvalue weighted by molar-refractivity contribution is 6.39. The van der Waals surface area contributed by atoms with Gasteiger partial charge in [-0.05, 0) is 75.2 Å². The second-order valence-corrected chi connectivity index (χ2v) is 11.2. The second-order valence-electron chi connectivity index (χ2n) is 10.4. The summed E-state index contributed by atoms with van der Waals surface area (Å²) in [5.74, 6) is -0.583. The van der Waals surface area contributed by atoms with E-state index >= 15 is 0 Å². The van der Waals surface area contributed by atoms with Gasteiger partial charge >= 0.3 is 12.4 Å². The number of nitrogens with one attached hydrogen (secondary N) is 1. The number of aromatic nitrogens is 1. The summed E-state index contributed by atoms with van der Waals surface area (Å²) in [5.41, 5.74) is -1.09. The minimum absolute atomic E-state index is 0.0133. The molecule has 13 heteroatoms. The van der Waals surface area contributed by atoms with E-state index in [2.05, 4.69) is 15.2 Å². The first-order valence-electron chi connectivity index (χ1n) is 13.6. The van der Waals surface area contributed by atoms with Gasteiger partial charge in [0, 0.05) is 30.9 Å².